The molecule has 1 saturated heterocycles. The topological polar surface area (TPSA) is 62.3 Å². The van der Waals surface area contributed by atoms with Crippen molar-refractivity contribution in [3.05, 3.63) is 36.5 Å². The Kier molecular flexibility index (Phi) is 3.93. The summed E-state index contributed by atoms with van der Waals surface area (Å²) in [5.41, 5.74) is 0.552. The molecule has 2 aromatic rings. The predicted molar refractivity (Wildman–Crippen MR) is 82.6 cm³/mol. The van der Waals surface area contributed by atoms with Crippen molar-refractivity contribution < 1.29 is 8.42 Å². The Morgan fingerprint density at radius 3 is 2.62 bits per heavy atom. The van der Waals surface area contributed by atoms with Crippen molar-refractivity contribution in [1.29, 1.82) is 0 Å². The van der Waals surface area contributed by atoms with Crippen molar-refractivity contribution in [2.24, 2.45) is 0 Å². The van der Waals surface area contributed by atoms with E-state index < -0.39 is 10.0 Å². The first-order valence-corrected chi connectivity index (χ1v) is 8.58. The van der Waals surface area contributed by atoms with E-state index >= 15 is 0 Å². The van der Waals surface area contributed by atoms with E-state index in [2.05, 4.69) is 10.3 Å². The van der Waals surface area contributed by atoms with Gasteiger partial charge < -0.3 is 5.32 Å². The summed E-state index contributed by atoms with van der Waals surface area (Å²) in [6, 6.07) is 9.41. The van der Waals surface area contributed by atoms with Gasteiger partial charge in [-0.1, -0.05) is 18.2 Å². The molecule has 1 N–H and O–H groups in total. The minimum Gasteiger partial charge on any atom is -0.317 e. The van der Waals surface area contributed by atoms with Gasteiger partial charge >= 0.3 is 0 Å². The molecule has 5 nitrogen and oxygen atoms in total. The molecule has 1 aromatic heterocycles. The van der Waals surface area contributed by atoms with Gasteiger partial charge in [-0.2, -0.15) is 4.31 Å². The van der Waals surface area contributed by atoms with Crippen molar-refractivity contribution in [3.8, 4) is 0 Å². The molecular formula is C15H19N3O2S. The number of rotatable bonds is 3. The lowest BCUT2D eigenvalue weighted by Crippen LogP contribution is -2.43. The number of nitrogens with one attached hydrogen (secondary N) is 1. The van der Waals surface area contributed by atoms with Crippen LogP contribution in [0.15, 0.2) is 41.4 Å². The summed E-state index contributed by atoms with van der Waals surface area (Å²) in [5, 5.41) is 4.06. The van der Waals surface area contributed by atoms with Gasteiger partial charge in [-0.25, -0.2) is 8.42 Å². The van der Waals surface area contributed by atoms with Crippen LogP contribution in [0.4, 0.5) is 0 Å². The smallest absolute Gasteiger partial charge is 0.245 e. The maximum atomic E-state index is 12.9. The third kappa shape index (κ3) is 2.66. The molecule has 2 heterocycles. The van der Waals surface area contributed by atoms with Crippen LogP contribution in [0.3, 0.4) is 0 Å². The van der Waals surface area contributed by atoms with Crippen LogP contribution in [0.5, 0.6) is 0 Å². The van der Waals surface area contributed by atoms with E-state index in [1.807, 2.05) is 25.2 Å². The standard InChI is InChI=1S/C15H19N3O2S/c1-16-13-7-10-18(11-8-13)21(19,20)14-6-2-4-12-5-3-9-17-15(12)14/h2-6,9,13,16H,7-8,10-11H2,1H3. The quantitative estimate of drug-likeness (QED) is 0.936. The molecule has 0 bridgehead atoms. The van der Waals surface area contributed by atoms with Gasteiger partial charge in [0.2, 0.25) is 10.0 Å². The van der Waals surface area contributed by atoms with Crippen molar-refractivity contribution in [2.75, 3.05) is 20.1 Å². The maximum Gasteiger partial charge on any atom is 0.245 e. The van der Waals surface area contributed by atoms with E-state index in [0.717, 1.165) is 18.2 Å². The van der Waals surface area contributed by atoms with Crippen LogP contribution in [-0.4, -0.2) is 43.9 Å². The largest absolute Gasteiger partial charge is 0.317 e. The number of pyridine rings is 1. The van der Waals surface area contributed by atoms with Crippen LogP contribution < -0.4 is 5.32 Å². The first-order valence-electron chi connectivity index (χ1n) is 7.14. The van der Waals surface area contributed by atoms with E-state index in [1.54, 1.807) is 22.6 Å². The number of sulfonamides is 1. The highest BCUT2D eigenvalue weighted by molar-refractivity contribution is 7.89. The Morgan fingerprint density at radius 1 is 1.19 bits per heavy atom. The molecule has 1 fully saturated rings. The van der Waals surface area contributed by atoms with Gasteiger partial charge in [0.25, 0.3) is 0 Å². The molecule has 21 heavy (non-hydrogen) atoms. The average molecular weight is 305 g/mol. The highest BCUT2D eigenvalue weighted by atomic mass is 32.2. The number of hydrogen-bond donors (Lipinski definition) is 1. The lowest BCUT2D eigenvalue weighted by atomic mass is 10.1. The summed E-state index contributed by atoms with van der Waals surface area (Å²) in [6.45, 7) is 1.11. The molecule has 112 valence electrons. The summed E-state index contributed by atoms with van der Waals surface area (Å²) in [5.74, 6) is 0. The number of fused-ring (bicyclic) bond motifs is 1. The SMILES string of the molecule is CNC1CCN(S(=O)(=O)c2cccc3cccnc23)CC1. The Labute approximate surface area is 125 Å². The zero-order chi connectivity index (χ0) is 14.9. The summed E-state index contributed by atoms with van der Waals surface area (Å²) in [4.78, 5) is 4.56. The molecule has 1 aromatic carbocycles. The van der Waals surface area contributed by atoms with Gasteiger partial charge in [-0.3, -0.25) is 4.98 Å². The van der Waals surface area contributed by atoms with Crippen LogP contribution in [0.1, 0.15) is 12.8 Å². The molecule has 3 rings (SSSR count). The third-order valence-corrected chi connectivity index (χ3v) is 6.01. The molecule has 6 heteroatoms. The number of piperidine rings is 1. The minimum absolute atomic E-state index is 0.309. The van der Waals surface area contributed by atoms with Gasteiger partial charge in [0, 0.05) is 30.7 Å². The number of aromatic nitrogens is 1. The van der Waals surface area contributed by atoms with Crippen molar-refractivity contribution in [1.82, 2.24) is 14.6 Å². The molecule has 0 saturated carbocycles. The van der Waals surface area contributed by atoms with E-state index in [9.17, 15) is 8.42 Å². The molecule has 1 aliphatic rings. The number of para-hydroxylation sites is 1. The molecule has 0 spiro atoms. The van der Waals surface area contributed by atoms with Crippen molar-refractivity contribution in [2.45, 2.75) is 23.8 Å². The zero-order valence-corrected chi connectivity index (χ0v) is 12.8. The van der Waals surface area contributed by atoms with E-state index in [0.29, 0.717) is 29.5 Å². The second kappa shape index (κ2) is 5.71. The highest BCUT2D eigenvalue weighted by Gasteiger charge is 2.30. The zero-order valence-electron chi connectivity index (χ0n) is 12.0. The average Bonchev–Trinajstić information content (AvgIpc) is 2.54. The van der Waals surface area contributed by atoms with Crippen LogP contribution in [0.2, 0.25) is 0 Å². The molecule has 0 radical (unpaired) electrons. The van der Waals surface area contributed by atoms with Gasteiger partial charge in [0.15, 0.2) is 0 Å². The van der Waals surface area contributed by atoms with Crippen LogP contribution in [-0.2, 0) is 10.0 Å². The molecule has 0 aliphatic carbocycles. The van der Waals surface area contributed by atoms with Crippen LogP contribution in [0, 0.1) is 0 Å². The summed E-state index contributed by atoms with van der Waals surface area (Å²) >= 11 is 0. The summed E-state index contributed by atoms with van der Waals surface area (Å²) < 4.78 is 27.3. The number of hydrogen-bond acceptors (Lipinski definition) is 4. The van der Waals surface area contributed by atoms with E-state index in [1.165, 1.54) is 0 Å². The number of benzene rings is 1. The molecule has 0 amide bonds. The normalized spacial score (nSPS) is 18.1. The lowest BCUT2D eigenvalue weighted by Gasteiger charge is -2.31. The second-order valence-electron chi connectivity index (χ2n) is 5.30. The minimum atomic E-state index is -3.48. The van der Waals surface area contributed by atoms with Gasteiger partial charge in [0.05, 0.1) is 5.52 Å². The monoisotopic (exact) mass is 305 g/mol. The van der Waals surface area contributed by atoms with E-state index in [4.69, 9.17) is 0 Å². The van der Waals surface area contributed by atoms with Gasteiger partial charge in [-0.05, 0) is 32.0 Å². The predicted octanol–water partition coefficient (Wildman–Crippen LogP) is 1.61. The van der Waals surface area contributed by atoms with Crippen LogP contribution in [0.25, 0.3) is 10.9 Å². The Balaban J connectivity index is 1.98. The molecule has 1 aliphatic heterocycles. The fourth-order valence-corrected chi connectivity index (χ4v) is 4.44. The Bertz CT molecular complexity index is 732. The Hall–Kier alpha value is -1.50. The van der Waals surface area contributed by atoms with Crippen molar-refractivity contribution in [3.63, 3.8) is 0 Å². The fourth-order valence-electron chi connectivity index (χ4n) is 2.81. The molecule has 0 atom stereocenters. The first kappa shape index (κ1) is 14.4. The second-order valence-corrected chi connectivity index (χ2v) is 7.20. The van der Waals surface area contributed by atoms with Gasteiger partial charge in [-0.15, -0.1) is 0 Å². The fraction of sp³-hybridized carbons (Fsp3) is 0.400. The summed E-state index contributed by atoms with van der Waals surface area (Å²) in [7, 11) is -1.56. The molecule has 0 unspecified atom stereocenters. The van der Waals surface area contributed by atoms with Crippen LogP contribution >= 0.6 is 0 Å². The highest BCUT2D eigenvalue weighted by Crippen LogP contribution is 2.26. The first-order chi connectivity index (χ1) is 10.1. The maximum absolute atomic E-state index is 12.9. The van der Waals surface area contributed by atoms with Gasteiger partial charge in [0.1, 0.15) is 4.90 Å². The lowest BCUT2D eigenvalue weighted by molar-refractivity contribution is 0.298. The summed E-state index contributed by atoms with van der Waals surface area (Å²) in [6.07, 6.45) is 3.32. The van der Waals surface area contributed by atoms with E-state index in [-0.39, 0.29) is 0 Å². The third-order valence-electron chi connectivity index (χ3n) is 4.08. The number of nitrogens with zero attached hydrogens (tertiary/aromatic N) is 2. The molecular weight excluding hydrogens is 286 g/mol. The Morgan fingerprint density at radius 2 is 1.90 bits per heavy atom. The van der Waals surface area contributed by atoms with Crippen molar-refractivity contribution >= 4 is 20.9 Å².